The van der Waals surface area contributed by atoms with E-state index in [1.165, 1.54) is 11.3 Å². The fourth-order valence-electron chi connectivity index (χ4n) is 1.76. The minimum absolute atomic E-state index is 0.207. The van der Waals surface area contributed by atoms with Crippen LogP contribution in [0.1, 0.15) is 22.2 Å². The third-order valence-corrected chi connectivity index (χ3v) is 4.35. The van der Waals surface area contributed by atoms with Gasteiger partial charge in [-0.2, -0.15) is 0 Å². The van der Waals surface area contributed by atoms with Crippen LogP contribution in [0.5, 0.6) is 5.75 Å². The number of halogens is 1. The Bertz CT molecular complexity index is 700. The molecule has 0 saturated heterocycles. The highest BCUT2D eigenvalue weighted by atomic mass is 35.5. The number of thiophene rings is 1. The molecule has 0 fully saturated rings. The third-order valence-electron chi connectivity index (χ3n) is 2.85. The average molecular weight is 339 g/mol. The first kappa shape index (κ1) is 16.3. The van der Waals surface area contributed by atoms with Crippen LogP contribution in [0.4, 0.5) is 5.00 Å². The van der Waals surface area contributed by atoms with E-state index in [-0.39, 0.29) is 12.5 Å². The molecule has 5 nitrogen and oxygen atoms in total. The van der Waals surface area contributed by atoms with Gasteiger partial charge in [-0.1, -0.05) is 30.7 Å². The van der Waals surface area contributed by atoms with Gasteiger partial charge >= 0.3 is 0 Å². The van der Waals surface area contributed by atoms with Crippen molar-refractivity contribution in [1.82, 2.24) is 0 Å². The van der Waals surface area contributed by atoms with Crippen LogP contribution in [-0.2, 0) is 11.2 Å². The molecule has 0 aliphatic carbocycles. The van der Waals surface area contributed by atoms with Crippen LogP contribution in [-0.4, -0.2) is 18.4 Å². The molecule has 0 spiro atoms. The van der Waals surface area contributed by atoms with Crippen LogP contribution in [0.2, 0.25) is 5.02 Å². The van der Waals surface area contributed by atoms with Crippen LogP contribution >= 0.6 is 22.9 Å². The predicted molar refractivity (Wildman–Crippen MR) is 87.8 cm³/mol. The Kier molecular flexibility index (Phi) is 5.41. The zero-order chi connectivity index (χ0) is 16.1. The summed E-state index contributed by atoms with van der Waals surface area (Å²) in [5, 5.41) is 3.52. The Morgan fingerprint density at radius 3 is 2.73 bits per heavy atom. The number of primary amides is 1. The number of anilines is 1. The van der Waals surface area contributed by atoms with Crippen molar-refractivity contribution >= 4 is 39.8 Å². The lowest BCUT2D eigenvalue weighted by Crippen LogP contribution is -2.21. The number of rotatable bonds is 6. The molecule has 0 unspecified atom stereocenters. The van der Waals surface area contributed by atoms with Gasteiger partial charge in [-0.05, 0) is 24.6 Å². The van der Waals surface area contributed by atoms with Crippen molar-refractivity contribution in [2.75, 3.05) is 11.9 Å². The average Bonchev–Trinajstić information content (AvgIpc) is 2.89. The number of carbonyl (C=O) groups is 2. The fraction of sp³-hybridized carbons (Fsp3) is 0.200. The van der Waals surface area contributed by atoms with Crippen molar-refractivity contribution in [2.45, 2.75) is 13.3 Å². The SMILES string of the molecule is CCc1cc(C(N)=O)c(NC(=O)COc2ccccc2Cl)s1. The van der Waals surface area contributed by atoms with Crippen molar-refractivity contribution in [2.24, 2.45) is 5.73 Å². The molecule has 0 atom stereocenters. The second-order valence-electron chi connectivity index (χ2n) is 4.44. The summed E-state index contributed by atoms with van der Waals surface area (Å²) in [5.41, 5.74) is 5.62. The molecular weight excluding hydrogens is 324 g/mol. The zero-order valence-electron chi connectivity index (χ0n) is 11.9. The highest BCUT2D eigenvalue weighted by Gasteiger charge is 2.15. The Labute approximate surface area is 137 Å². The second-order valence-corrected chi connectivity index (χ2v) is 5.98. The second kappa shape index (κ2) is 7.29. The minimum Gasteiger partial charge on any atom is -0.482 e. The van der Waals surface area contributed by atoms with E-state index in [9.17, 15) is 9.59 Å². The van der Waals surface area contributed by atoms with Gasteiger partial charge in [0.1, 0.15) is 10.8 Å². The van der Waals surface area contributed by atoms with E-state index in [0.29, 0.717) is 21.3 Å². The number of ether oxygens (including phenoxy) is 1. The quantitative estimate of drug-likeness (QED) is 0.849. The van der Waals surface area contributed by atoms with E-state index < -0.39 is 5.91 Å². The maximum atomic E-state index is 11.9. The molecule has 0 aliphatic rings. The molecule has 1 aromatic heterocycles. The van der Waals surface area contributed by atoms with Gasteiger partial charge in [0.15, 0.2) is 6.61 Å². The summed E-state index contributed by atoms with van der Waals surface area (Å²) < 4.78 is 5.35. The van der Waals surface area contributed by atoms with Crippen molar-refractivity contribution in [1.29, 1.82) is 0 Å². The third kappa shape index (κ3) is 3.99. The van der Waals surface area contributed by atoms with Gasteiger partial charge in [-0.25, -0.2) is 0 Å². The highest BCUT2D eigenvalue weighted by molar-refractivity contribution is 7.16. The summed E-state index contributed by atoms with van der Waals surface area (Å²) in [5.74, 6) is -0.528. The summed E-state index contributed by atoms with van der Waals surface area (Å²) in [6.07, 6.45) is 0.761. The molecule has 0 aliphatic heterocycles. The number of amides is 2. The molecule has 22 heavy (non-hydrogen) atoms. The van der Waals surface area contributed by atoms with E-state index in [0.717, 1.165) is 11.3 Å². The molecule has 2 aromatic rings. The van der Waals surface area contributed by atoms with Crippen LogP contribution < -0.4 is 15.8 Å². The van der Waals surface area contributed by atoms with Crippen LogP contribution in [0.3, 0.4) is 0 Å². The lowest BCUT2D eigenvalue weighted by atomic mass is 10.2. The van der Waals surface area contributed by atoms with E-state index in [4.69, 9.17) is 22.1 Å². The maximum Gasteiger partial charge on any atom is 0.262 e. The number of nitrogens with one attached hydrogen (secondary N) is 1. The standard InChI is InChI=1S/C15H15ClN2O3S/c1-2-9-7-10(14(17)20)15(22-9)18-13(19)8-21-12-6-4-3-5-11(12)16/h3-7H,2,8H2,1H3,(H2,17,20)(H,18,19). The largest absolute Gasteiger partial charge is 0.482 e. The monoisotopic (exact) mass is 338 g/mol. The topological polar surface area (TPSA) is 81.4 Å². The molecule has 3 N–H and O–H groups in total. The molecule has 2 amide bonds. The highest BCUT2D eigenvalue weighted by Crippen LogP contribution is 2.28. The molecule has 116 valence electrons. The normalized spacial score (nSPS) is 10.3. The smallest absolute Gasteiger partial charge is 0.262 e. The van der Waals surface area contributed by atoms with Gasteiger partial charge in [0, 0.05) is 4.88 Å². The fourth-order valence-corrected chi connectivity index (χ4v) is 2.97. The Morgan fingerprint density at radius 2 is 2.09 bits per heavy atom. The van der Waals surface area contributed by atoms with E-state index in [1.807, 2.05) is 6.92 Å². The lowest BCUT2D eigenvalue weighted by Gasteiger charge is -2.08. The molecule has 0 radical (unpaired) electrons. The van der Waals surface area contributed by atoms with Gasteiger partial charge in [-0.15, -0.1) is 11.3 Å². The van der Waals surface area contributed by atoms with Gasteiger partial charge < -0.3 is 15.8 Å². The number of hydrogen-bond donors (Lipinski definition) is 2. The first-order valence-corrected chi connectivity index (χ1v) is 7.80. The maximum absolute atomic E-state index is 11.9. The summed E-state index contributed by atoms with van der Waals surface area (Å²) in [4.78, 5) is 24.3. The summed E-state index contributed by atoms with van der Waals surface area (Å²) in [6, 6.07) is 8.57. The van der Waals surface area contributed by atoms with Crippen molar-refractivity contribution in [3.63, 3.8) is 0 Å². The zero-order valence-corrected chi connectivity index (χ0v) is 13.5. The van der Waals surface area contributed by atoms with Crippen LogP contribution in [0.25, 0.3) is 0 Å². The minimum atomic E-state index is -0.571. The van der Waals surface area contributed by atoms with Crippen LogP contribution in [0, 0.1) is 0 Å². The van der Waals surface area contributed by atoms with Crippen molar-refractivity contribution in [3.8, 4) is 5.75 Å². The predicted octanol–water partition coefficient (Wildman–Crippen LogP) is 3.08. The number of benzene rings is 1. The molecule has 2 rings (SSSR count). The van der Waals surface area contributed by atoms with Gasteiger partial charge in [-0.3, -0.25) is 9.59 Å². The molecule has 1 heterocycles. The Hall–Kier alpha value is -2.05. The number of carbonyl (C=O) groups excluding carboxylic acids is 2. The first-order valence-electron chi connectivity index (χ1n) is 6.61. The van der Waals surface area contributed by atoms with Crippen LogP contribution in [0.15, 0.2) is 30.3 Å². The molecule has 0 saturated carbocycles. The van der Waals surface area contributed by atoms with Gasteiger partial charge in [0.25, 0.3) is 11.8 Å². The molecule has 1 aromatic carbocycles. The summed E-state index contributed by atoms with van der Waals surface area (Å²) in [7, 11) is 0. The Morgan fingerprint density at radius 1 is 1.36 bits per heavy atom. The van der Waals surface area contributed by atoms with Gasteiger partial charge in [0.2, 0.25) is 0 Å². The number of para-hydroxylation sites is 1. The van der Waals surface area contributed by atoms with E-state index in [2.05, 4.69) is 5.32 Å². The Balaban J connectivity index is 2.02. The number of aryl methyl sites for hydroxylation is 1. The summed E-state index contributed by atoms with van der Waals surface area (Å²) in [6.45, 7) is 1.75. The van der Waals surface area contributed by atoms with Crippen molar-refractivity contribution < 1.29 is 14.3 Å². The lowest BCUT2D eigenvalue weighted by molar-refractivity contribution is -0.118. The first-order chi connectivity index (χ1) is 10.5. The summed E-state index contributed by atoms with van der Waals surface area (Å²) >= 11 is 7.27. The molecule has 7 heteroatoms. The van der Waals surface area contributed by atoms with E-state index in [1.54, 1.807) is 30.3 Å². The van der Waals surface area contributed by atoms with Crippen molar-refractivity contribution in [3.05, 3.63) is 45.8 Å². The molecule has 0 bridgehead atoms. The van der Waals surface area contributed by atoms with Gasteiger partial charge in [0.05, 0.1) is 10.6 Å². The number of hydrogen-bond acceptors (Lipinski definition) is 4. The van der Waals surface area contributed by atoms with E-state index >= 15 is 0 Å². The number of nitrogens with two attached hydrogens (primary N) is 1. The molecular formula is C15H15ClN2O3S.